The SMILES string of the molecule is C=C1CC[C@H]2[C@H](CO[Si](C)(C)C(C)(C)C)[C@@H]([C@@]3(C)Cc4c(C(=O)OCC)n[nH]c4C[C@@H]3CO[Si](C)(C)C(C)(C)C)CC[C@]12C. The van der Waals surface area contributed by atoms with Gasteiger partial charge in [0.05, 0.1) is 6.61 Å². The monoisotopic (exact) mass is 644 g/mol. The van der Waals surface area contributed by atoms with Crippen LogP contribution in [-0.4, -0.2) is 52.6 Å². The molecule has 0 radical (unpaired) electrons. The van der Waals surface area contributed by atoms with Gasteiger partial charge in [-0.15, -0.1) is 0 Å². The molecule has 3 aliphatic rings. The highest BCUT2D eigenvalue weighted by molar-refractivity contribution is 6.74. The van der Waals surface area contributed by atoms with E-state index in [9.17, 15) is 4.79 Å². The second-order valence-corrected chi connectivity index (χ2v) is 27.6. The van der Waals surface area contributed by atoms with Gasteiger partial charge in [0, 0.05) is 24.5 Å². The number of nitrogens with zero attached hydrogens (tertiary/aromatic N) is 1. The number of hydrogen-bond donors (Lipinski definition) is 1. The average molecular weight is 645 g/mol. The van der Waals surface area contributed by atoms with Crippen molar-refractivity contribution in [3.63, 3.8) is 0 Å². The van der Waals surface area contributed by atoms with Gasteiger partial charge in [-0.05, 0) is 116 Å². The Morgan fingerprint density at radius 3 is 2.14 bits per heavy atom. The molecule has 0 aliphatic heterocycles. The topological polar surface area (TPSA) is 73.4 Å². The Morgan fingerprint density at radius 1 is 0.977 bits per heavy atom. The van der Waals surface area contributed by atoms with Crippen LogP contribution in [-0.2, 0) is 26.4 Å². The van der Waals surface area contributed by atoms with Crippen LogP contribution >= 0.6 is 0 Å². The van der Waals surface area contributed by atoms with Crippen molar-refractivity contribution in [3.05, 3.63) is 29.1 Å². The van der Waals surface area contributed by atoms with Crippen LogP contribution in [0.25, 0.3) is 0 Å². The molecule has 8 heteroatoms. The fourth-order valence-electron chi connectivity index (χ4n) is 8.11. The number of rotatable bonds is 9. The van der Waals surface area contributed by atoms with E-state index >= 15 is 0 Å². The molecular weight excluding hydrogens is 581 g/mol. The van der Waals surface area contributed by atoms with Crippen molar-refractivity contribution in [2.75, 3.05) is 19.8 Å². The molecule has 1 heterocycles. The lowest BCUT2D eigenvalue weighted by atomic mass is 9.49. The van der Waals surface area contributed by atoms with E-state index in [0.717, 1.165) is 50.2 Å². The van der Waals surface area contributed by atoms with Crippen LogP contribution in [0.1, 0.15) is 110 Å². The van der Waals surface area contributed by atoms with Gasteiger partial charge < -0.3 is 13.6 Å². The molecule has 0 unspecified atom stereocenters. The summed E-state index contributed by atoms with van der Waals surface area (Å²) in [5, 5.41) is 8.10. The van der Waals surface area contributed by atoms with E-state index in [2.05, 4.69) is 98.4 Å². The van der Waals surface area contributed by atoms with Gasteiger partial charge in [-0.3, -0.25) is 5.10 Å². The second-order valence-electron chi connectivity index (χ2n) is 18.0. The predicted octanol–water partition coefficient (Wildman–Crippen LogP) is 9.35. The number of hydrogen-bond acceptors (Lipinski definition) is 5. The Bertz CT molecular complexity index is 1230. The third-order valence-corrected chi connectivity index (χ3v) is 22.5. The molecule has 4 rings (SSSR count). The minimum absolute atomic E-state index is 0.0762. The first kappa shape index (κ1) is 35.6. The molecule has 6 atom stereocenters. The summed E-state index contributed by atoms with van der Waals surface area (Å²) < 4.78 is 19.6. The lowest BCUT2D eigenvalue weighted by Gasteiger charge is -2.57. The summed E-state index contributed by atoms with van der Waals surface area (Å²) in [4.78, 5) is 13.1. The Labute approximate surface area is 271 Å². The van der Waals surface area contributed by atoms with E-state index in [1.54, 1.807) is 0 Å². The van der Waals surface area contributed by atoms with Gasteiger partial charge in [0.25, 0.3) is 0 Å². The molecule has 3 aliphatic carbocycles. The molecule has 1 aromatic rings. The van der Waals surface area contributed by atoms with Crippen LogP contribution in [0.2, 0.25) is 36.3 Å². The molecule has 6 nitrogen and oxygen atoms in total. The first-order valence-corrected chi connectivity index (χ1v) is 23.1. The Balaban J connectivity index is 1.78. The minimum atomic E-state index is -1.97. The van der Waals surface area contributed by atoms with E-state index in [-0.39, 0.29) is 26.9 Å². The molecule has 250 valence electrons. The zero-order valence-corrected chi connectivity index (χ0v) is 32.5. The smallest absolute Gasteiger partial charge is 0.359 e. The van der Waals surface area contributed by atoms with Crippen molar-refractivity contribution in [1.82, 2.24) is 10.2 Å². The summed E-state index contributed by atoms with van der Waals surface area (Å²) in [7, 11) is -3.92. The fraction of sp³-hybridized carbons (Fsp3) is 0.833. The first-order valence-electron chi connectivity index (χ1n) is 17.3. The number of carbonyl (C=O) groups is 1. The van der Waals surface area contributed by atoms with Crippen LogP contribution < -0.4 is 0 Å². The van der Waals surface area contributed by atoms with Gasteiger partial charge in [0.15, 0.2) is 22.3 Å². The van der Waals surface area contributed by atoms with Gasteiger partial charge >= 0.3 is 5.97 Å². The van der Waals surface area contributed by atoms with Crippen molar-refractivity contribution in [2.45, 2.75) is 137 Å². The lowest BCUT2D eigenvalue weighted by molar-refractivity contribution is -0.0708. The summed E-state index contributed by atoms with van der Waals surface area (Å²) in [6, 6.07) is 0. The third kappa shape index (κ3) is 6.35. The normalized spacial score (nSPS) is 31.5. The van der Waals surface area contributed by atoms with E-state index in [0.29, 0.717) is 36.0 Å². The number of allylic oxidation sites excluding steroid dienone is 1. The van der Waals surface area contributed by atoms with Crippen molar-refractivity contribution in [2.24, 2.45) is 34.5 Å². The quantitative estimate of drug-likeness (QED) is 0.165. The van der Waals surface area contributed by atoms with Crippen molar-refractivity contribution in [3.8, 4) is 0 Å². The summed E-state index contributed by atoms with van der Waals surface area (Å²) >= 11 is 0. The van der Waals surface area contributed by atoms with Crippen LogP contribution in [0.5, 0.6) is 0 Å². The third-order valence-electron chi connectivity index (χ3n) is 13.5. The number of aromatic amines is 1. The number of esters is 1. The molecule has 0 bridgehead atoms. The summed E-state index contributed by atoms with van der Waals surface area (Å²) in [6.45, 7) is 36.8. The van der Waals surface area contributed by atoms with Crippen LogP contribution in [0.3, 0.4) is 0 Å². The molecule has 0 aromatic carbocycles. The summed E-state index contributed by atoms with van der Waals surface area (Å²) in [5.41, 5.74) is 4.15. The minimum Gasteiger partial charge on any atom is -0.461 e. The zero-order chi connectivity index (χ0) is 33.1. The standard InChI is InChI=1S/C36H64N2O4Si2/c1-15-40-32(39)31-26-21-36(10,25(20-30(26)37-38-31)22-41-43(11,12)33(3,4)5)29-18-19-35(9)24(2)16-17-28(35)27(29)23-42-44(13,14)34(6,7)8/h25,27-29H,2,15-23H2,1,3-14H3,(H,37,38)/t25-,27+,28+,29+,35-,36+/m1/s1. The van der Waals surface area contributed by atoms with Crippen molar-refractivity contribution in [1.29, 1.82) is 0 Å². The van der Waals surface area contributed by atoms with Gasteiger partial charge in [-0.2, -0.15) is 5.10 Å². The van der Waals surface area contributed by atoms with E-state index in [1.807, 2.05) is 6.92 Å². The molecule has 44 heavy (non-hydrogen) atoms. The number of carbonyl (C=O) groups excluding carboxylic acids is 1. The van der Waals surface area contributed by atoms with Gasteiger partial charge in [0.1, 0.15) is 0 Å². The van der Waals surface area contributed by atoms with Crippen molar-refractivity contribution >= 4 is 22.6 Å². The van der Waals surface area contributed by atoms with E-state index in [4.69, 9.17) is 13.6 Å². The Kier molecular flexibility index (Phi) is 9.79. The van der Waals surface area contributed by atoms with Crippen LogP contribution in [0, 0.1) is 34.5 Å². The molecule has 0 saturated heterocycles. The van der Waals surface area contributed by atoms with Gasteiger partial charge in [-0.1, -0.05) is 67.5 Å². The summed E-state index contributed by atoms with van der Waals surface area (Å²) in [6.07, 6.45) is 6.29. The Morgan fingerprint density at radius 2 is 1.57 bits per heavy atom. The number of H-pyrrole nitrogens is 1. The number of ether oxygens (including phenoxy) is 1. The van der Waals surface area contributed by atoms with Gasteiger partial charge in [-0.25, -0.2) is 4.79 Å². The molecule has 1 aromatic heterocycles. The zero-order valence-electron chi connectivity index (χ0n) is 30.5. The highest BCUT2D eigenvalue weighted by atomic mass is 28.4. The van der Waals surface area contributed by atoms with Crippen LogP contribution in [0.15, 0.2) is 12.2 Å². The van der Waals surface area contributed by atoms with E-state index < -0.39 is 16.6 Å². The highest BCUT2D eigenvalue weighted by Crippen LogP contribution is 2.63. The van der Waals surface area contributed by atoms with Crippen LogP contribution in [0.4, 0.5) is 0 Å². The lowest BCUT2D eigenvalue weighted by Crippen LogP contribution is -2.54. The average Bonchev–Trinajstić information content (AvgIpc) is 3.44. The maximum atomic E-state index is 13.1. The highest BCUT2D eigenvalue weighted by Gasteiger charge is 2.58. The van der Waals surface area contributed by atoms with Gasteiger partial charge in [0.2, 0.25) is 0 Å². The maximum absolute atomic E-state index is 13.1. The number of nitrogens with one attached hydrogen (secondary N) is 1. The molecule has 1 N–H and O–H groups in total. The molecule has 2 saturated carbocycles. The molecule has 2 fully saturated rings. The molecule has 0 amide bonds. The maximum Gasteiger partial charge on any atom is 0.359 e. The summed E-state index contributed by atoms with van der Waals surface area (Å²) in [5.74, 6) is 1.44. The first-order chi connectivity index (χ1) is 20.1. The van der Waals surface area contributed by atoms with E-state index in [1.165, 1.54) is 18.4 Å². The Hall–Kier alpha value is -1.23. The second kappa shape index (κ2) is 12.1. The number of aromatic nitrogens is 2. The largest absolute Gasteiger partial charge is 0.461 e. The number of fused-ring (bicyclic) bond motifs is 2. The van der Waals surface area contributed by atoms with Crippen molar-refractivity contribution < 1.29 is 18.4 Å². The molecule has 0 spiro atoms. The predicted molar refractivity (Wildman–Crippen MR) is 186 cm³/mol. The molecular formula is C36H64N2O4Si2. The fourth-order valence-corrected chi connectivity index (χ4v) is 10.2.